The number of hydrogen-bond acceptors (Lipinski definition) is 2. The number of amides is 1. The largest absolute Gasteiger partial charge is 0.479 e. The van der Waals surface area contributed by atoms with Crippen LogP contribution in [0, 0.1) is 5.41 Å². The molecule has 0 heterocycles. The predicted molar refractivity (Wildman–Crippen MR) is 42.6 cm³/mol. The summed E-state index contributed by atoms with van der Waals surface area (Å²) in [6.07, 6.45) is 1.82. The van der Waals surface area contributed by atoms with Crippen LogP contribution in [-0.2, 0) is 9.59 Å². The van der Waals surface area contributed by atoms with Crippen LogP contribution in [0.5, 0.6) is 0 Å². The minimum atomic E-state index is -1.03. The molecule has 1 aliphatic carbocycles. The van der Waals surface area contributed by atoms with Gasteiger partial charge in [-0.2, -0.15) is 0 Å². The molecule has 1 unspecified atom stereocenters. The molecule has 1 fully saturated rings. The minimum absolute atomic E-state index is 0.334. The molecule has 1 saturated carbocycles. The first-order valence-electron chi connectivity index (χ1n) is 3.91. The SMILES string of the molecule is CC1(C)CCC1(NC=O)C(=O)O. The molecule has 0 bridgehead atoms. The molecule has 1 aliphatic rings. The van der Waals surface area contributed by atoms with E-state index in [0.29, 0.717) is 12.8 Å². The lowest BCUT2D eigenvalue weighted by atomic mass is 9.56. The van der Waals surface area contributed by atoms with Crippen molar-refractivity contribution < 1.29 is 14.7 Å². The van der Waals surface area contributed by atoms with Crippen LogP contribution in [0.3, 0.4) is 0 Å². The first kappa shape index (κ1) is 9.03. The highest BCUT2D eigenvalue weighted by molar-refractivity contribution is 5.84. The molecule has 1 atom stereocenters. The average Bonchev–Trinajstić information content (AvgIpc) is 1.97. The summed E-state index contributed by atoms with van der Waals surface area (Å²) < 4.78 is 0. The van der Waals surface area contributed by atoms with Crippen molar-refractivity contribution in [3.05, 3.63) is 0 Å². The Morgan fingerprint density at radius 3 is 2.17 bits per heavy atom. The van der Waals surface area contributed by atoms with E-state index >= 15 is 0 Å². The van der Waals surface area contributed by atoms with Gasteiger partial charge in [-0.15, -0.1) is 0 Å². The van der Waals surface area contributed by atoms with Crippen LogP contribution in [-0.4, -0.2) is 23.0 Å². The number of hydrogen-bond donors (Lipinski definition) is 2. The Hall–Kier alpha value is -1.06. The monoisotopic (exact) mass is 171 g/mol. The molecule has 0 aromatic heterocycles. The van der Waals surface area contributed by atoms with Crippen molar-refractivity contribution in [2.24, 2.45) is 5.41 Å². The molecule has 0 aliphatic heterocycles. The van der Waals surface area contributed by atoms with Gasteiger partial charge in [0.05, 0.1) is 0 Å². The molecule has 1 amide bonds. The van der Waals surface area contributed by atoms with Crippen molar-refractivity contribution in [3.63, 3.8) is 0 Å². The Labute approximate surface area is 71.0 Å². The molecule has 0 aromatic carbocycles. The van der Waals surface area contributed by atoms with Crippen LogP contribution in [0.4, 0.5) is 0 Å². The molecule has 2 N–H and O–H groups in total. The number of carboxylic acid groups (broad SMARTS) is 1. The summed E-state index contributed by atoms with van der Waals surface area (Å²) in [4.78, 5) is 21.1. The summed E-state index contributed by atoms with van der Waals surface area (Å²) in [6.45, 7) is 3.70. The Kier molecular flexibility index (Phi) is 1.86. The Balaban J connectivity index is 2.89. The van der Waals surface area contributed by atoms with Crippen molar-refractivity contribution in [1.82, 2.24) is 5.32 Å². The number of aliphatic carboxylic acids is 1. The highest BCUT2D eigenvalue weighted by Gasteiger charge is 2.58. The van der Waals surface area contributed by atoms with Crippen LogP contribution in [0.1, 0.15) is 26.7 Å². The standard InChI is InChI=1S/C8H13NO3/c1-7(2)3-4-8(7,6(11)12)9-5-10/h5H,3-4H2,1-2H3,(H,9,10)(H,11,12). The van der Waals surface area contributed by atoms with Crippen molar-refractivity contribution in [2.45, 2.75) is 32.2 Å². The zero-order chi connectivity index (χ0) is 9.41. The second kappa shape index (κ2) is 2.47. The Morgan fingerprint density at radius 1 is 1.50 bits per heavy atom. The van der Waals surface area contributed by atoms with E-state index in [4.69, 9.17) is 5.11 Å². The highest BCUT2D eigenvalue weighted by Crippen LogP contribution is 2.49. The van der Waals surface area contributed by atoms with E-state index in [-0.39, 0.29) is 5.41 Å². The van der Waals surface area contributed by atoms with Crippen LogP contribution < -0.4 is 5.32 Å². The summed E-state index contributed by atoms with van der Waals surface area (Å²) in [5, 5.41) is 11.3. The number of carbonyl (C=O) groups is 2. The van der Waals surface area contributed by atoms with Gasteiger partial charge in [-0.05, 0) is 18.3 Å². The lowest BCUT2D eigenvalue weighted by Gasteiger charge is -2.52. The van der Waals surface area contributed by atoms with Crippen LogP contribution in [0.25, 0.3) is 0 Å². The van der Waals surface area contributed by atoms with Gasteiger partial charge in [-0.25, -0.2) is 4.79 Å². The lowest BCUT2D eigenvalue weighted by molar-refractivity contribution is -0.161. The summed E-state index contributed by atoms with van der Waals surface area (Å²) in [5.74, 6) is -0.939. The second-order valence-electron chi connectivity index (χ2n) is 3.86. The molecule has 0 radical (unpaired) electrons. The summed E-state index contributed by atoms with van der Waals surface area (Å²) in [6, 6.07) is 0. The maximum atomic E-state index is 10.9. The van der Waals surface area contributed by atoms with E-state index in [2.05, 4.69) is 5.32 Å². The molecular formula is C8H13NO3. The van der Waals surface area contributed by atoms with E-state index in [1.807, 2.05) is 13.8 Å². The van der Waals surface area contributed by atoms with Crippen molar-refractivity contribution in [2.75, 3.05) is 0 Å². The first-order chi connectivity index (χ1) is 5.46. The zero-order valence-electron chi connectivity index (χ0n) is 7.26. The Morgan fingerprint density at radius 2 is 2.08 bits per heavy atom. The van der Waals surface area contributed by atoms with Crippen molar-refractivity contribution in [3.8, 4) is 0 Å². The van der Waals surface area contributed by atoms with Crippen LogP contribution in [0.2, 0.25) is 0 Å². The summed E-state index contributed by atoms with van der Waals surface area (Å²) >= 11 is 0. The van der Waals surface area contributed by atoms with Crippen molar-refractivity contribution in [1.29, 1.82) is 0 Å². The predicted octanol–water partition coefficient (Wildman–Crippen LogP) is 0.376. The van der Waals surface area contributed by atoms with E-state index in [9.17, 15) is 9.59 Å². The minimum Gasteiger partial charge on any atom is -0.479 e. The lowest BCUT2D eigenvalue weighted by Crippen LogP contribution is -2.67. The fourth-order valence-corrected chi connectivity index (χ4v) is 1.70. The van der Waals surface area contributed by atoms with Crippen LogP contribution in [0.15, 0.2) is 0 Å². The van der Waals surface area contributed by atoms with Gasteiger partial charge < -0.3 is 10.4 Å². The van der Waals surface area contributed by atoms with Gasteiger partial charge in [-0.1, -0.05) is 13.8 Å². The normalized spacial score (nSPS) is 31.8. The summed E-state index contributed by atoms with van der Waals surface area (Å²) in [5.41, 5.74) is -1.37. The molecule has 0 aromatic rings. The Bertz CT molecular complexity index is 224. The third-order valence-corrected chi connectivity index (χ3v) is 2.95. The molecule has 1 rings (SSSR count). The second-order valence-corrected chi connectivity index (χ2v) is 3.86. The zero-order valence-corrected chi connectivity index (χ0v) is 7.26. The molecule has 68 valence electrons. The molecule has 4 nitrogen and oxygen atoms in total. The van der Waals surface area contributed by atoms with Gasteiger partial charge in [0.25, 0.3) is 0 Å². The maximum absolute atomic E-state index is 10.9. The third kappa shape index (κ3) is 0.906. The molecule has 0 spiro atoms. The fraction of sp³-hybridized carbons (Fsp3) is 0.750. The summed E-state index contributed by atoms with van der Waals surface area (Å²) in [7, 11) is 0. The van der Waals surface area contributed by atoms with E-state index in [1.54, 1.807) is 0 Å². The fourth-order valence-electron chi connectivity index (χ4n) is 1.70. The number of carbonyl (C=O) groups excluding carboxylic acids is 1. The quantitative estimate of drug-likeness (QED) is 0.603. The number of carboxylic acids is 1. The van der Waals surface area contributed by atoms with E-state index in [0.717, 1.165) is 6.42 Å². The average molecular weight is 171 g/mol. The molecule has 4 heteroatoms. The first-order valence-corrected chi connectivity index (χ1v) is 3.91. The van der Waals surface area contributed by atoms with Crippen LogP contribution >= 0.6 is 0 Å². The topological polar surface area (TPSA) is 66.4 Å². The molecular weight excluding hydrogens is 158 g/mol. The van der Waals surface area contributed by atoms with Gasteiger partial charge in [-0.3, -0.25) is 4.79 Å². The third-order valence-electron chi connectivity index (χ3n) is 2.95. The molecule has 12 heavy (non-hydrogen) atoms. The van der Waals surface area contributed by atoms with E-state index < -0.39 is 11.5 Å². The van der Waals surface area contributed by atoms with Gasteiger partial charge in [0.2, 0.25) is 6.41 Å². The number of rotatable bonds is 3. The van der Waals surface area contributed by atoms with Crippen molar-refractivity contribution >= 4 is 12.4 Å². The molecule has 0 saturated heterocycles. The highest BCUT2D eigenvalue weighted by atomic mass is 16.4. The van der Waals surface area contributed by atoms with Gasteiger partial charge in [0.1, 0.15) is 5.54 Å². The van der Waals surface area contributed by atoms with Gasteiger partial charge >= 0.3 is 5.97 Å². The maximum Gasteiger partial charge on any atom is 0.329 e. The number of nitrogens with one attached hydrogen (secondary N) is 1. The van der Waals surface area contributed by atoms with Gasteiger partial charge in [0, 0.05) is 0 Å². The smallest absolute Gasteiger partial charge is 0.329 e. The van der Waals surface area contributed by atoms with E-state index in [1.165, 1.54) is 0 Å². The van der Waals surface area contributed by atoms with Gasteiger partial charge in [0.15, 0.2) is 0 Å².